The fraction of sp³-hybridized carbons (Fsp3) is 0.714. The van der Waals surface area contributed by atoms with E-state index in [0.717, 1.165) is 23.6 Å². The molecule has 2 atom stereocenters. The molecule has 1 aliphatic carbocycles. The number of alkyl halides is 1. The zero-order chi connectivity index (χ0) is 12.2. The number of hydrogen-bond donors (Lipinski definition) is 0. The Labute approximate surface area is 110 Å². The zero-order valence-corrected chi connectivity index (χ0v) is 13.4. The summed E-state index contributed by atoms with van der Waals surface area (Å²) in [6.07, 6.45) is 4.90. The van der Waals surface area contributed by atoms with Gasteiger partial charge in [0.05, 0.1) is 0 Å². The highest BCUT2D eigenvalue weighted by atomic mass is 79.9. The molecule has 0 nitrogen and oxygen atoms in total. The number of rotatable bonds is 5. The molecule has 1 rings (SSSR count). The van der Waals surface area contributed by atoms with Crippen molar-refractivity contribution in [2.75, 3.05) is 5.33 Å². The average Bonchev–Trinajstić information content (AvgIpc) is 2.79. The van der Waals surface area contributed by atoms with Crippen molar-refractivity contribution < 1.29 is 0 Å². The summed E-state index contributed by atoms with van der Waals surface area (Å²) >= 11 is 3.48. The van der Waals surface area contributed by atoms with Gasteiger partial charge in [0.15, 0.2) is 0 Å². The molecule has 0 amide bonds. The van der Waals surface area contributed by atoms with Gasteiger partial charge in [0.25, 0.3) is 0 Å². The van der Waals surface area contributed by atoms with Gasteiger partial charge in [0, 0.05) is 11.8 Å². The van der Waals surface area contributed by atoms with E-state index in [2.05, 4.69) is 53.6 Å². The molecular weight excluding hydrogens is 276 g/mol. The third kappa shape index (κ3) is 4.89. The normalized spacial score (nSPS) is 23.9. The standard InChI is InChI=1S/C14H23BrSi/c1-12-13(14(12)9-7-10-15)8-5-6-11-16(2,3)4/h13-14H,1,5,7-10H2,2-4H3. The third-order valence-corrected chi connectivity index (χ3v) is 4.51. The lowest BCUT2D eigenvalue weighted by Gasteiger charge is -2.03. The lowest BCUT2D eigenvalue weighted by Crippen LogP contribution is -2.16. The van der Waals surface area contributed by atoms with Gasteiger partial charge in [-0.1, -0.05) is 47.7 Å². The molecule has 90 valence electrons. The predicted molar refractivity (Wildman–Crippen MR) is 79.5 cm³/mol. The van der Waals surface area contributed by atoms with Crippen molar-refractivity contribution in [3.05, 3.63) is 12.2 Å². The molecule has 16 heavy (non-hydrogen) atoms. The summed E-state index contributed by atoms with van der Waals surface area (Å²) in [6.45, 7) is 11.1. The van der Waals surface area contributed by atoms with Gasteiger partial charge in [0.1, 0.15) is 8.07 Å². The summed E-state index contributed by atoms with van der Waals surface area (Å²) in [4.78, 5) is 0. The Kier molecular flexibility index (Phi) is 5.34. The molecule has 0 aromatic rings. The van der Waals surface area contributed by atoms with Crippen LogP contribution in [0.2, 0.25) is 19.6 Å². The fourth-order valence-electron chi connectivity index (χ4n) is 2.07. The van der Waals surface area contributed by atoms with Crippen LogP contribution in [-0.4, -0.2) is 13.4 Å². The Morgan fingerprint density at radius 3 is 2.44 bits per heavy atom. The van der Waals surface area contributed by atoms with Crippen molar-refractivity contribution in [1.29, 1.82) is 0 Å². The summed E-state index contributed by atoms with van der Waals surface area (Å²) < 4.78 is 0. The summed E-state index contributed by atoms with van der Waals surface area (Å²) in [7, 11) is -1.15. The highest BCUT2D eigenvalue weighted by Gasteiger charge is 2.40. The maximum Gasteiger partial charge on any atom is 0.129 e. The Morgan fingerprint density at radius 1 is 1.25 bits per heavy atom. The summed E-state index contributed by atoms with van der Waals surface area (Å²) in [5.74, 6) is 4.95. The molecule has 0 bridgehead atoms. The van der Waals surface area contributed by atoms with Crippen molar-refractivity contribution in [2.24, 2.45) is 11.8 Å². The third-order valence-electron chi connectivity index (χ3n) is 3.02. The first-order valence-electron chi connectivity index (χ1n) is 6.20. The van der Waals surface area contributed by atoms with Crippen LogP contribution in [0.1, 0.15) is 25.7 Å². The van der Waals surface area contributed by atoms with E-state index in [-0.39, 0.29) is 0 Å². The van der Waals surface area contributed by atoms with E-state index in [1.165, 1.54) is 24.8 Å². The van der Waals surface area contributed by atoms with E-state index < -0.39 is 8.07 Å². The maximum atomic E-state index is 4.16. The second kappa shape index (κ2) is 6.07. The van der Waals surface area contributed by atoms with Crippen molar-refractivity contribution >= 4 is 24.0 Å². The first-order valence-corrected chi connectivity index (χ1v) is 10.8. The number of allylic oxidation sites excluding steroid dienone is 1. The van der Waals surface area contributed by atoms with E-state index in [1.807, 2.05) is 0 Å². The molecular formula is C14H23BrSi. The quantitative estimate of drug-likeness (QED) is 0.301. The zero-order valence-electron chi connectivity index (χ0n) is 10.8. The van der Waals surface area contributed by atoms with Crippen molar-refractivity contribution in [1.82, 2.24) is 0 Å². The van der Waals surface area contributed by atoms with Crippen molar-refractivity contribution in [3.8, 4) is 11.5 Å². The van der Waals surface area contributed by atoms with E-state index >= 15 is 0 Å². The molecule has 0 aliphatic heterocycles. The lowest BCUT2D eigenvalue weighted by atomic mass is 10.1. The average molecular weight is 299 g/mol. The summed E-state index contributed by atoms with van der Waals surface area (Å²) in [5.41, 5.74) is 4.91. The Morgan fingerprint density at radius 2 is 1.88 bits per heavy atom. The monoisotopic (exact) mass is 298 g/mol. The van der Waals surface area contributed by atoms with Gasteiger partial charge in [-0.05, 0) is 31.1 Å². The highest BCUT2D eigenvalue weighted by molar-refractivity contribution is 9.09. The van der Waals surface area contributed by atoms with Gasteiger partial charge in [0.2, 0.25) is 0 Å². The minimum absolute atomic E-state index is 0.787. The molecule has 0 saturated heterocycles. The maximum absolute atomic E-state index is 4.16. The van der Waals surface area contributed by atoms with Crippen molar-refractivity contribution in [3.63, 3.8) is 0 Å². The molecule has 0 heterocycles. The van der Waals surface area contributed by atoms with Crippen LogP contribution in [0.4, 0.5) is 0 Å². The second-order valence-corrected chi connectivity index (χ2v) is 11.3. The molecule has 0 aromatic heterocycles. The van der Waals surface area contributed by atoms with Gasteiger partial charge in [-0.15, -0.1) is 11.5 Å². The minimum Gasteiger partial charge on any atom is -0.132 e. The largest absolute Gasteiger partial charge is 0.132 e. The van der Waals surface area contributed by atoms with Gasteiger partial charge in [-0.3, -0.25) is 0 Å². The van der Waals surface area contributed by atoms with Crippen LogP contribution >= 0.6 is 15.9 Å². The predicted octanol–water partition coefficient (Wildman–Crippen LogP) is 4.62. The fourth-order valence-corrected chi connectivity index (χ4v) is 3.05. The Bertz CT molecular complexity index is 303. The number of hydrogen-bond acceptors (Lipinski definition) is 0. The minimum atomic E-state index is -1.15. The summed E-state index contributed by atoms with van der Waals surface area (Å²) in [5, 5.41) is 1.12. The number of halogens is 1. The van der Waals surface area contributed by atoms with Crippen LogP contribution in [0.3, 0.4) is 0 Å². The first-order chi connectivity index (χ1) is 7.45. The second-order valence-electron chi connectivity index (χ2n) is 5.71. The van der Waals surface area contributed by atoms with Gasteiger partial charge in [-0.2, -0.15) is 0 Å². The SMILES string of the molecule is C=C1C(CCC#C[Si](C)(C)C)C1CCCBr. The molecule has 2 heteroatoms. The lowest BCUT2D eigenvalue weighted by molar-refractivity contribution is 0.611. The van der Waals surface area contributed by atoms with Crippen LogP contribution in [0.15, 0.2) is 12.2 Å². The smallest absolute Gasteiger partial charge is 0.129 e. The topological polar surface area (TPSA) is 0 Å². The van der Waals surface area contributed by atoms with E-state index in [4.69, 9.17) is 0 Å². The Hall–Kier alpha value is -0.00312. The molecule has 0 spiro atoms. The van der Waals surface area contributed by atoms with Gasteiger partial charge in [-0.25, -0.2) is 0 Å². The molecule has 1 saturated carbocycles. The molecule has 0 N–H and O–H groups in total. The first kappa shape index (κ1) is 14.1. The van der Waals surface area contributed by atoms with Gasteiger partial charge >= 0.3 is 0 Å². The van der Waals surface area contributed by atoms with E-state index in [0.29, 0.717) is 0 Å². The van der Waals surface area contributed by atoms with Crippen LogP contribution < -0.4 is 0 Å². The van der Waals surface area contributed by atoms with E-state index in [9.17, 15) is 0 Å². The van der Waals surface area contributed by atoms with Gasteiger partial charge < -0.3 is 0 Å². The van der Waals surface area contributed by atoms with Crippen LogP contribution in [0.25, 0.3) is 0 Å². The molecule has 0 aromatic carbocycles. The molecule has 0 radical (unpaired) electrons. The van der Waals surface area contributed by atoms with Crippen LogP contribution in [0, 0.1) is 23.3 Å². The van der Waals surface area contributed by atoms with Crippen LogP contribution in [-0.2, 0) is 0 Å². The molecule has 2 unspecified atom stereocenters. The Balaban J connectivity index is 2.20. The summed E-state index contributed by atoms with van der Waals surface area (Å²) in [6, 6.07) is 0. The van der Waals surface area contributed by atoms with E-state index in [1.54, 1.807) is 0 Å². The molecule has 1 aliphatic rings. The highest BCUT2D eigenvalue weighted by Crippen LogP contribution is 2.50. The van der Waals surface area contributed by atoms with Crippen LogP contribution in [0.5, 0.6) is 0 Å². The van der Waals surface area contributed by atoms with Crippen molar-refractivity contribution in [2.45, 2.75) is 45.3 Å². The molecule has 1 fully saturated rings.